The molecular formula is C13H24N2O. The smallest absolute Gasteiger partial charge is 0.227 e. The zero-order chi connectivity index (χ0) is 11.6. The second-order valence-corrected chi connectivity index (χ2v) is 5.79. The molecule has 1 amide bonds. The van der Waals surface area contributed by atoms with Gasteiger partial charge in [0.05, 0.1) is 5.41 Å². The molecule has 0 aromatic carbocycles. The molecule has 1 saturated carbocycles. The molecule has 1 saturated heterocycles. The fourth-order valence-corrected chi connectivity index (χ4v) is 2.97. The third-order valence-corrected chi connectivity index (χ3v) is 4.38. The monoisotopic (exact) mass is 224 g/mol. The standard InChI is InChI=1S/C13H24N2O/c1-10(11-5-3-4-6-11)15-12(16)13(2)7-8-14-9-13/h10-11,14H,3-9H2,1-2H3,(H,15,16). The van der Waals surface area contributed by atoms with Crippen LogP contribution >= 0.6 is 0 Å². The first-order valence-corrected chi connectivity index (χ1v) is 6.63. The number of carbonyl (C=O) groups is 1. The summed E-state index contributed by atoms with van der Waals surface area (Å²) >= 11 is 0. The van der Waals surface area contributed by atoms with E-state index in [1.165, 1.54) is 25.7 Å². The molecule has 0 aromatic heterocycles. The third-order valence-electron chi connectivity index (χ3n) is 4.38. The van der Waals surface area contributed by atoms with E-state index in [0.29, 0.717) is 12.0 Å². The maximum absolute atomic E-state index is 12.2. The highest BCUT2D eigenvalue weighted by Crippen LogP contribution is 2.29. The van der Waals surface area contributed by atoms with Gasteiger partial charge < -0.3 is 10.6 Å². The lowest BCUT2D eigenvalue weighted by Gasteiger charge is -2.27. The Kier molecular flexibility index (Phi) is 3.53. The predicted octanol–water partition coefficient (Wildman–Crippen LogP) is 1.68. The minimum Gasteiger partial charge on any atom is -0.353 e. The van der Waals surface area contributed by atoms with Crippen molar-refractivity contribution in [1.29, 1.82) is 0 Å². The number of hydrogen-bond acceptors (Lipinski definition) is 2. The van der Waals surface area contributed by atoms with E-state index in [4.69, 9.17) is 0 Å². The molecule has 0 radical (unpaired) electrons. The molecule has 0 spiro atoms. The average molecular weight is 224 g/mol. The SMILES string of the molecule is CC(NC(=O)C1(C)CCNC1)C1CCCC1. The minimum absolute atomic E-state index is 0.174. The second-order valence-electron chi connectivity index (χ2n) is 5.79. The highest BCUT2D eigenvalue weighted by Gasteiger charge is 2.37. The maximum Gasteiger partial charge on any atom is 0.227 e. The molecule has 92 valence electrons. The second kappa shape index (κ2) is 4.74. The van der Waals surface area contributed by atoms with E-state index in [1.807, 2.05) is 0 Å². The van der Waals surface area contributed by atoms with Crippen molar-refractivity contribution in [2.24, 2.45) is 11.3 Å². The first kappa shape index (κ1) is 11.9. The lowest BCUT2D eigenvalue weighted by molar-refractivity contribution is -0.130. The van der Waals surface area contributed by atoms with Crippen LogP contribution in [0.25, 0.3) is 0 Å². The van der Waals surface area contributed by atoms with Crippen LogP contribution in [0.5, 0.6) is 0 Å². The van der Waals surface area contributed by atoms with E-state index in [2.05, 4.69) is 24.5 Å². The summed E-state index contributed by atoms with van der Waals surface area (Å²) < 4.78 is 0. The van der Waals surface area contributed by atoms with Gasteiger partial charge in [-0.3, -0.25) is 4.79 Å². The number of carbonyl (C=O) groups excluding carboxylic acids is 1. The summed E-state index contributed by atoms with van der Waals surface area (Å²) in [6.07, 6.45) is 6.22. The van der Waals surface area contributed by atoms with E-state index < -0.39 is 0 Å². The van der Waals surface area contributed by atoms with Crippen LogP contribution in [0.3, 0.4) is 0 Å². The molecule has 3 nitrogen and oxygen atoms in total. The van der Waals surface area contributed by atoms with E-state index in [1.54, 1.807) is 0 Å². The Labute approximate surface area is 98.4 Å². The first-order valence-electron chi connectivity index (χ1n) is 6.63. The van der Waals surface area contributed by atoms with Crippen LogP contribution in [0.1, 0.15) is 46.0 Å². The third kappa shape index (κ3) is 2.40. The van der Waals surface area contributed by atoms with E-state index in [0.717, 1.165) is 19.5 Å². The summed E-state index contributed by atoms with van der Waals surface area (Å²) in [6, 6.07) is 0.354. The van der Waals surface area contributed by atoms with Crippen LogP contribution in [0, 0.1) is 11.3 Å². The van der Waals surface area contributed by atoms with E-state index in [9.17, 15) is 4.79 Å². The highest BCUT2D eigenvalue weighted by molar-refractivity contribution is 5.83. The molecule has 2 unspecified atom stereocenters. The lowest BCUT2D eigenvalue weighted by Crippen LogP contribution is -2.46. The molecular weight excluding hydrogens is 200 g/mol. The van der Waals surface area contributed by atoms with Gasteiger partial charge in [-0.1, -0.05) is 12.8 Å². The van der Waals surface area contributed by atoms with Crippen molar-refractivity contribution < 1.29 is 4.79 Å². The Morgan fingerprint density at radius 1 is 1.44 bits per heavy atom. The van der Waals surface area contributed by atoms with Crippen molar-refractivity contribution in [2.75, 3.05) is 13.1 Å². The van der Waals surface area contributed by atoms with Gasteiger partial charge in [0.1, 0.15) is 0 Å². The van der Waals surface area contributed by atoms with Gasteiger partial charge in [0.25, 0.3) is 0 Å². The molecule has 2 aliphatic rings. The molecule has 1 aliphatic heterocycles. The van der Waals surface area contributed by atoms with Crippen molar-refractivity contribution in [1.82, 2.24) is 10.6 Å². The number of amides is 1. The van der Waals surface area contributed by atoms with Crippen LogP contribution in [0.4, 0.5) is 0 Å². The molecule has 2 fully saturated rings. The van der Waals surface area contributed by atoms with Gasteiger partial charge in [0, 0.05) is 12.6 Å². The Bertz CT molecular complexity index is 253. The van der Waals surface area contributed by atoms with Crippen LogP contribution < -0.4 is 10.6 Å². The summed E-state index contributed by atoms with van der Waals surface area (Å²) in [4.78, 5) is 12.2. The zero-order valence-corrected chi connectivity index (χ0v) is 10.5. The predicted molar refractivity (Wildman–Crippen MR) is 65.2 cm³/mol. The maximum atomic E-state index is 12.2. The fourth-order valence-electron chi connectivity index (χ4n) is 2.97. The Morgan fingerprint density at radius 3 is 2.69 bits per heavy atom. The van der Waals surface area contributed by atoms with Gasteiger partial charge in [-0.25, -0.2) is 0 Å². The normalized spacial score (nSPS) is 32.9. The van der Waals surface area contributed by atoms with Crippen molar-refractivity contribution in [3.05, 3.63) is 0 Å². The average Bonchev–Trinajstić information content (AvgIpc) is 2.88. The lowest BCUT2D eigenvalue weighted by atomic mass is 9.87. The van der Waals surface area contributed by atoms with Crippen LogP contribution in [0.2, 0.25) is 0 Å². The van der Waals surface area contributed by atoms with Gasteiger partial charge in [0.15, 0.2) is 0 Å². The van der Waals surface area contributed by atoms with E-state index in [-0.39, 0.29) is 11.3 Å². The van der Waals surface area contributed by atoms with Gasteiger partial charge in [0.2, 0.25) is 5.91 Å². The van der Waals surface area contributed by atoms with Gasteiger partial charge in [-0.2, -0.15) is 0 Å². The quantitative estimate of drug-likeness (QED) is 0.766. The molecule has 0 aromatic rings. The minimum atomic E-state index is -0.174. The number of rotatable bonds is 3. The fraction of sp³-hybridized carbons (Fsp3) is 0.923. The highest BCUT2D eigenvalue weighted by atomic mass is 16.2. The topological polar surface area (TPSA) is 41.1 Å². The summed E-state index contributed by atoms with van der Waals surface area (Å²) in [6.45, 7) is 6.04. The van der Waals surface area contributed by atoms with Crippen molar-refractivity contribution in [3.8, 4) is 0 Å². The van der Waals surface area contributed by atoms with E-state index >= 15 is 0 Å². The van der Waals surface area contributed by atoms with Gasteiger partial charge in [-0.05, 0) is 45.6 Å². The van der Waals surface area contributed by atoms with Crippen molar-refractivity contribution in [3.63, 3.8) is 0 Å². The molecule has 1 heterocycles. The molecule has 2 rings (SSSR count). The van der Waals surface area contributed by atoms with Crippen LogP contribution in [-0.2, 0) is 4.79 Å². The molecule has 16 heavy (non-hydrogen) atoms. The summed E-state index contributed by atoms with van der Waals surface area (Å²) in [5, 5.41) is 6.50. The zero-order valence-electron chi connectivity index (χ0n) is 10.5. The van der Waals surface area contributed by atoms with Crippen molar-refractivity contribution >= 4 is 5.91 Å². The molecule has 3 heteroatoms. The summed E-state index contributed by atoms with van der Waals surface area (Å²) in [5.41, 5.74) is -0.174. The summed E-state index contributed by atoms with van der Waals surface area (Å²) in [7, 11) is 0. The Morgan fingerprint density at radius 2 is 2.12 bits per heavy atom. The molecule has 1 aliphatic carbocycles. The van der Waals surface area contributed by atoms with Gasteiger partial charge >= 0.3 is 0 Å². The van der Waals surface area contributed by atoms with Crippen LogP contribution in [-0.4, -0.2) is 25.0 Å². The Balaban J connectivity index is 1.86. The molecule has 0 bridgehead atoms. The van der Waals surface area contributed by atoms with Gasteiger partial charge in [-0.15, -0.1) is 0 Å². The first-order chi connectivity index (χ1) is 7.62. The number of nitrogens with one attached hydrogen (secondary N) is 2. The summed E-state index contributed by atoms with van der Waals surface area (Å²) in [5.74, 6) is 0.957. The van der Waals surface area contributed by atoms with Crippen LogP contribution in [0.15, 0.2) is 0 Å². The number of hydrogen-bond donors (Lipinski definition) is 2. The largest absolute Gasteiger partial charge is 0.353 e. The molecule has 2 atom stereocenters. The molecule has 2 N–H and O–H groups in total. The Hall–Kier alpha value is -0.570. The van der Waals surface area contributed by atoms with Crippen molar-refractivity contribution in [2.45, 2.75) is 52.0 Å².